The molecule has 0 radical (unpaired) electrons. The summed E-state index contributed by atoms with van der Waals surface area (Å²) in [6.07, 6.45) is 7.34. The topological polar surface area (TPSA) is 47.9 Å². The summed E-state index contributed by atoms with van der Waals surface area (Å²) in [4.78, 5) is 0. The van der Waals surface area contributed by atoms with Crippen molar-refractivity contribution in [3.63, 3.8) is 0 Å². The van der Waals surface area contributed by atoms with Crippen LogP contribution < -0.4 is 0 Å². The molecule has 134 valence electrons. The van der Waals surface area contributed by atoms with Crippen molar-refractivity contribution >= 4 is 0 Å². The van der Waals surface area contributed by atoms with Crippen LogP contribution in [0.25, 0.3) is 0 Å². The Morgan fingerprint density at radius 3 is 1.32 bits per heavy atom. The summed E-state index contributed by atoms with van der Waals surface area (Å²) < 4.78 is 16.6. The SMILES string of the molecule is CC(C)(C)CCCOCCCCOCCCCOCCCO. The van der Waals surface area contributed by atoms with Crippen LogP contribution in [-0.2, 0) is 14.2 Å². The molecule has 0 unspecified atom stereocenters. The van der Waals surface area contributed by atoms with Gasteiger partial charge < -0.3 is 19.3 Å². The molecule has 0 bridgehead atoms. The summed E-state index contributed by atoms with van der Waals surface area (Å²) in [7, 11) is 0. The molecule has 0 aliphatic heterocycles. The molecule has 0 amide bonds. The van der Waals surface area contributed by atoms with Crippen molar-refractivity contribution in [2.24, 2.45) is 5.41 Å². The van der Waals surface area contributed by atoms with Crippen LogP contribution in [0, 0.1) is 5.41 Å². The summed E-state index contributed by atoms with van der Waals surface area (Å²) in [5.41, 5.74) is 0.418. The predicted octanol–water partition coefficient (Wildman–Crippen LogP) is 3.81. The molecule has 0 heterocycles. The first-order chi connectivity index (χ1) is 10.6. The molecule has 0 fully saturated rings. The zero-order valence-electron chi connectivity index (χ0n) is 15.1. The Morgan fingerprint density at radius 2 is 0.955 bits per heavy atom. The first-order valence-corrected chi connectivity index (χ1v) is 8.90. The molecular formula is C18H38O4. The lowest BCUT2D eigenvalue weighted by Gasteiger charge is -2.17. The molecular weight excluding hydrogens is 280 g/mol. The lowest BCUT2D eigenvalue weighted by atomic mass is 9.91. The minimum Gasteiger partial charge on any atom is -0.396 e. The molecule has 0 aromatic rings. The quantitative estimate of drug-likeness (QED) is 0.440. The monoisotopic (exact) mass is 318 g/mol. The molecule has 22 heavy (non-hydrogen) atoms. The summed E-state index contributed by atoms with van der Waals surface area (Å²) >= 11 is 0. The van der Waals surface area contributed by atoms with E-state index in [-0.39, 0.29) is 6.61 Å². The van der Waals surface area contributed by atoms with Crippen LogP contribution >= 0.6 is 0 Å². The average Bonchev–Trinajstić information content (AvgIpc) is 2.45. The summed E-state index contributed by atoms with van der Waals surface area (Å²) in [5.74, 6) is 0. The van der Waals surface area contributed by atoms with Crippen LogP contribution in [0.15, 0.2) is 0 Å². The fourth-order valence-electron chi connectivity index (χ4n) is 1.99. The molecule has 4 heteroatoms. The normalized spacial score (nSPS) is 12.0. The fraction of sp³-hybridized carbons (Fsp3) is 1.00. The van der Waals surface area contributed by atoms with Crippen molar-refractivity contribution in [1.29, 1.82) is 0 Å². The Morgan fingerprint density at radius 1 is 0.591 bits per heavy atom. The molecule has 0 aliphatic rings. The highest BCUT2D eigenvalue weighted by molar-refractivity contribution is 4.60. The molecule has 0 aliphatic carbocycles. The first-order valence-electron chi connectivity index (χ1n) is 8.90. The van der Waals surface area contributed by atoms with Crippen molar-refractivity contribution in [3.8, 4) is 0 Å². The highest BCUT2D eigenvalue weighted by Gasteiger charge is 2.08. The number of aliphatic hydroxyl groups excluding tert-OH is 1. The third kappa shape index (κ3) is 19.8. The maximum atomic E-state index is 8.59. The molecule has 1 N–H and O–H groups in total. The van der Waals surface area contributed by atoms with E-state index in [1.807, 2.05) is 0 Å². The van der Waals surface area contributed by atoms with Crippen LogP contribution in [0.2, 0.25) is 0 Å². The maximum Gasteiger partial charge on any atom is 0.0487 e. The van der Waals surface area contributed by atoms with Gasteiger partial charge in [0, 0.05) is 46.2 Å². The Hall–Kier alpha value is -0.160. The van der Waals surface area contributed by atoms with E-state index in [0.717, 1.165) is 71.6 Å². The summed E-state index contributed by atoms with van der Waals surface area (Å²) in [5, 5.41) is 8.59. The standard InChI is InChI=1S/C18H38O4/c1-18(2,3)10-8-16-21-14-6-4-12-20-13-5-7-15-22-17-9-11-19/h19H,4-17H2,1-3H3. The zero-order valence-corrected chi connectivity index (χ0v) is 15.1. The second-order valence-electron chi connectivity index (χ2n) is 6.99. The van der Waals surface area contributed by atoms with E-state index >= 15 is 0 Å². The number of hydrogen-bond donors (Lipinski definition) is 1. The molecule has 0 saturated carbocycles. The second kappa shape index (κ2) is 15.7. The van der Waals surface area contributed by atoms with E-state index in [2.05, 4.69) is 20.8 Å². The van der Waals surface area contributed by atoms with Crippen molar-refractivity contribution < 1.29 is 19.3 Å². The van der Waals surface area contributed by atoms with Gasteiger partial charge in [0.2, 0.25) is 0 Å². The Bertz CT molecular complexity index is 214. The zero-order chi connectivity index (χ0) is 16.5. The van der Waals surface area contributed by atoms with Crippen LogP contribution in [-0.4, -0.2) is 51.4 Å². The van der Waals surface area contributed by atoms with Crippen molar-refractivity contribution in [2.75, 3.05) is 46.2 Å². The number of ether oxygens (including phenoxy) is 3. The van der Waals surface area contributed by atoms with Gasteiger partial charge in [0.1, 0.15) is 0 Å². The molecule has 0 saturated heterocycles. The van der Waals surface area contributed by atoms with Crippen LogP contribution in [0.4, 0.5) is 0 Å². The number of aliphatic hydroxyl groups is 1. The highest BCUT2D eigenvalue weighted by Crippen LogP contribution is 2.20. The molecule has 0 spiro atoms. The van der Waals surface area contributed by atoms with Gasteiger partial charge in [0.05, 0.1) is 0 Å². The smallest absolute Gasteiger partial charge is 0.0487 e. The Labute approximate surface area is 137 Å². The maximum absolute atomic E-state index is 8.59. The van der Waals surface area contributed by atoms with Crippen molar-refractivity contribution in [1.82, 2.24) is 0 Å². The van der Waals surface area contributed by atoms with Gasteiger partial charge in [-0.3, -0.25) is 0 Å². The lowest BCUT2D eigenvalue weighted by Crippen LogP contribution is -2.07. The fourth-order valence-corrected chi connectivity index (χ4v) is 1.99. The number of unbranched alkanes of at least 4 members (excludes halogenated alkanes) is 2. The molecule has 4 nitrogen and oxygen atoms in total. The van der Waals surface area contributed by atoms with Gasteiger partial charge in [0.25, 0.3) is 0 Å². The van der Waals surface area contributed by atoms with Crippen LogP contribution in [0.5, 0.6) is 0 Å². The third-order valence-electron chi connectivity index (χ3n) is 3.32. The van der Waals surface area contributed by atoms with Crippen molar-refractivity contribution in [3.05, 3.63) is 0 Å². The first kappa shape index (κ1) is 21.8. The lowest BCUT2D eigenvalue weighted by molar-refractivity contribution is 0.0850. The largest absolute Gasteiger partial charge is 0.396 e. The van der Waals surface area contributed by atoms with Gasteiger partial charge in [-0.1, -0.05) is 20.8 Å². The number of rotatable bonds is 16. The van der Waals surface area contributed by atoms with Gasteiger partial charge in [-0.2, -0.15) is 0 Å². The summed E-state index contributed by atoms with van der Waals surface area (Å²) in [6.45, 7) is 11.8. The Kier molecular flexibility index (Phi) is 15.6. The minimum atomic E-state index is 0.212. The predicted molar refractivity (Wildman–Crippen MR) is 91.3 cm³/mol. The molecule has 0 aromatic carbocycles. The summed E-state index contributed by atoms with van der Waals surface area (Å²) in [6, 6.07) is 0. The van der Waals surface area contributed by atoms with E-state index in [9.17, 15) is 0 Å². The van der Waals surface area contributed by atoms with E-state index in [4.69, 9.17) is 19.3 Å². The van der Waals surface area contributed by atoms with Gasteiger partial charge in [-0.25, -0.2) is 0 Å². The highest BCUT2D eigenvalue weighted by atomic mass is 16.5. The number of hydrogen-bond acceptors (Lipinski definition) is 4. The van der Waals surface area contributed by atoms with Gasteiger partial charge in [0.15, 0.2) is 0 Å². The molecule has 0 atom stereocenters. The van der Waals surface area contributed by atoms with E-state index in [1.54, 1.807) is 0 Å². The Balaban J connectivity index is 3.00. The van der Waals surface area contributed by atoms with E-state index < -0.39 is 0 Å². The van der Waals surface area contributed by atoms with Gasteiger partial charge in [-0.15, -0.1) is 0 Å². The second-order valence-corrected chi connectivity index (χ2v) is 6.99. The van der Waals surface area contributed by atoms with Gasteiger partial charge >= 0.3 is 0 Å². The average molecular weight is 318 g/mol. The third-order valence-corrected chi connectivity index (χ3v) is 3.32. The van der Waals surface area contributed by atoms with E-state index in [1.165, 1.54) is 6.42 Å². The van der Waals surface area contributed by atoms with Crippen molar-refractivity contribution in [2.45, 2.75) is 65.7 Å². The minimum absolute atomic E-state index is 0.212. The van der Waals surface area contributed by atoms with Gasteiger partial charge in [-0.05, 0) is 50.4 Å². The molecule has 0 aromatic heterocycles. The van der Waals surface area contributed by atoms with E-state index in [0.29, 0.717) is 12.0 Å². The molecule has 0 rings (SSSR count). The van der Waals surface area contributed by atoms with Crippen LogP contribution in [0.3, 0.4) is 0 Å². The van der Waals surface area contributed by atoms with Crippen LogP contribution in [0.1, 0.15) is 65.7 Å².